The summed E-state index contributed by atoms with van der Waals surface area (Å²) in [5, 5.41) is 6.71. The summed E-state index contributed by atoms with van der Waals surface area (Å²) in [5.41, 5.74) is 2.12. The van der Waals surface area contributed by atoms with Crippen molar-refractivity contribution in [3.8, 4) is 11.5 Å². The van der Waals surface area contributed by atoms with Gasteiger partial charge >= 0.3 is 0 Å². The number of ether oxygens (including phenoxy) is 2. The van der Waals surface area contributed by atoms with Gasteiger partial charge in [0, 0.05) is 25.6 Å². The highest BCUT2D eigenvalue weighted by Crippen LogP contribution is 2.47. The van der Waals surface area contributed by atoms with Crippen molar-refractivity contribution in [2.24, 2.45) is 4.99 Å². The predicted octanol–water partition coefficient (Wildman–Crippen LogP) is 3.63. The number of hydrogen-bond donors (Lipinski definition) is 2. The maximum absolute atomic E-state index is 13.6. The Kier molecular flexibility index (Phi) is 6.39. The summed E-state index contributed by atoms with van der Waals surface area (Å²) in [6.45, 7) is 3.86. The van der Waals surface area contributed by atoms with Crippen LogP contribution in [-0.4, -0.2) is 33.3 Å². The average Bonchev–Trinajstić information content (AvgIpc) is 3.50. The van der Waals surface area contributed by atoms with Crippen molar-refractivity contribution in [3.05, 3.63) is 59.4 Å². The zero-order valence-electron chi connectivity index (χ0n) is 16.7. The third-order valence-electron chi connectivity index (χ3n) is 5.10. The fraction of sp³-hybridized carbons (Fsp3) is 0.409. The molecule has 6 heteroatoms. The Morgan fingerprint density at radius 1 is 1.14 bits per heavy atom. The molecule has 0 aliphatic heterocycles. The summed E-state index contributed by atoms with van der Waals surface area (Å²) in [5.74, 6) is 1.99. The topological polar surface area (TPSA) is 54.9 Å². The van der Waals surface area contributed by atoms with E-state index in [4.69, 9.17) is 9.47 Å². The number of aliphatic imine (C=N–C) groups is 1. The van der Waals surface area contributed by atoms with Crippen LogP contribution in [0.25, 0.3) is 0 Å². The van der Waals surface area contributed by atoms with Gasteiger partial charge in [-0.25, -0.2) is 4.39 Å². The molecule has 1 fully saturated rings. The third kappa shape index (κ3) is 4.74. The molecule has 28 heavy (non-hydrogen) atoms. The van der Waals surface area contributed by atoms with Crippen molar-refractivity contribution in [3.63, 3.8) is 0 Å². The Labute approximate surface area is 166 Å². The smallest absolute Gasteiger partial charge is 0.191 e. The molecule has 0 aromatic heterocycles. The standard InChI is InChI=1S/C22H28FN3O2/c1-4-28-20-12-16(8-9-19(20)27-3)14-25-21(24-2)26-15-22(10-11-22)17-6-5-7-18(23)13-17/h5-9,12-13H,4,10-11,14-15H2,1-3H3,(H2,24,25,26). The normalized spacial score (nSPS) is 15.1. The van der Waals surface area contributed by atoms with Crippen LogP contribution in [0.1, 0.15) is 30.9 Å². The molecule has 0 spiro atoms. The Bertz CT molecular complexity index is 834. The van der Waals surface area contributed by atoms with Crippen molar-refractivity contribution in [2.75, 3.05) is 27.3 Å². The van der Waals surface area contributed by atoms with E-state index in [9.17, 15) is 4.39 Å². The molecule has 1 saturated carbocycles. The van der Waals surface area contributed by atoms with E-state index in [1.165, 1.54) is 6.07 Å². The highest BCUT2D eigenvalue weighted by molar-refractivity contribution is 5.79. The first kappa shape index (κ1) is 20.0. The van der Waals surface area contributed by atoms with Crippen LogP contribution in [-0.2, 0) is 12.0 Å². The second-order valence-electron chi connectivity index (χ2n) is 6.99. The van der Waals surface area contributed by atoms with Crippen LogP contribution in [0, 0.1) is 5.82 Å². The number of rotatable bonds is 8. The van der Waals surface area contributed by atoms with E-state index in [-0.39, 0.29) is 11.2 Å². The first-order valence-corrected chi connectivity index (χ1v) is 9.60. The molecule has 2 aromatic rings. The number of hydrogen-bond acceptors (Lipinski definition) is 3. The zero-order valence-corrected chi connectivity index (χ0v) is 16.7. The summed E-state index contributed by atoms with van der Waals surface area (Å²) in [7, 11) is 3.38. The van der Waals surface area contributed by atoms with Gasteiger partial charge in [-0.3, -0.25) is 4.99 Å². The molecule has 150 valence electrons. The molecule has 0 amide bonds. The number of methoxy groups -OCH3 is 1. The quantitative estimate of drug-likeness (QED) is 0.538. The van der Waals surface area contributed by atoms with Gasteiger partial charge in [-0.2, -0.15) is 0 Å². The van der Waals surface area contributed by atoms with Gasteiger partial charge < -0.3 is 20.1 Å². The molecule has 2 aromatic carbocycles. The van der Waals surface area contributed by atoms with Gasteiger partial charge in [0.2, 0.25) is 0 Å². The van der Waals surface area contributed by atoms with E-state index in [0.29, 0.717) is 13.2 Å². The van der Waals surface area contributed by atoms with Crippen molar-refractivity contribution in [1.82, 2.24) is 10.6 Å². The van der Waals surface area contributed by atoms with E-state index in [2.05, 4.69) is 15.6 Å². The third-order valence-corrected chi connectivity index (χ3v) is 5.10. The number of guanidine groups is 1. The molecule has 2 N–H and O–H groups in total. The molecule has 0 heterocycles. The minimum atomic E-state index is -0.184. The second-order valence-corrected chi connectivity index (χ2v) is 6.99. The van der Waals surface area contributed by atoms with E-state index >= 15 is 0 Å². The van der Waals surface area contributed by atoms with Gasteiger partial charge in [-0.1, -0.05) is 18.2 Å². The molecule has 1 aliphatic rings. The van der Waals surface area contributed by atoms with Gasteiger partial charge in [0.25, 0.3) is 0 Å². The highest BCUT2D eigenvalue weighted by atomic mass is 19.1. The van der Waals surface area contributed by atoms with Crippen LogP contribution in [0.4, 0.5) is 4.39 Å². The summed E-state index contributed by atoms with van der Waals surface area (Å²) in [6, 6.07) is 12.8. The SMILES string of the molecule is CCOc1cc(CNC(=NC)NCC2(c3cccc(F)c3)CC2)ccc1OC. The lowest BCUT2D eigenvalue weighted by Gasteiger charge is -2.19. The summed E-state index contributed by atoms with van der Waals surface area (Å²) in [4.78, 5) is 4.30. The van der Waals surface area contributed by atoms with Crippen LogP contribution in [0.2, 0.25) is 0 Å². The zero-order chi connectivity index (χ0) is 20.0. The Balaban J connectivity index is 1.58. The molecule has 0 unspecified atom stereocenters. The molecular weight excluding hydrogens is 357 g/mol. The van der Waals surface area contributed by atoms with E-state index < -0.39 is 0 Å². The van der Waals surface area contributed by atoms with Gasteiger partial charge in [0.05, 0.1) is 13.7 Å². The fourth-order valence-electron chi connectivity index (χ4n) is 3.30. The highest BCUT2D eigenvalue weighted by Gasteiger charge is 2.44. The van der Waals surface area contributed by atoms with E-state index in [1.54, 1.807) is 26.3 Å². The maximum Gasteiger partial charge on any atom is 0.191 e. The van der Waals surface area contributed by atoms with Crippen molar-refractivity contribution >= 4 is 5.96 Å². The monoisotopic (exact) mass is 385 g/mol. The summed E-state index contributed by atoms with van der Waals surface area (Å²) >= 11 is 0. The first-order chi connectivity index (χ1) is 13.6. The largest absolute Gasteiger partial charge is 0.493 e. The molecule has 5 nitrogen and oxygen atoms in total. The minimum absolute atomic E-state index is 0.00195. The Morgan fingerprint density at radius 3 is 2.61 bits per heavy atom. The summed E-state index contributed by atoms with van der Waals surface area (Å²) < 4.78 is 24.5. The van der Waals surface area contributed by atoms with Crippen LogP contribution in [0.15, 0.2) is 47.5 Å². The Morgan fingerprint density at radius 2 is 1.96 bits per heavy atom. The lowest BCUT2D eigenvalue weighted by Crippen LogP contribution is -2.40. The van der Waals surface area contributed by atoms with Gasteiger partial charge in [0.15, 0.2) is 17.5 Å². The molecule has 3 rings (SSSR count). The lowest BCUT2D eigenvalue weighted by atomic mass is 9.96. The number of halogens is 1. The fourth-order valence-corrected chi connectivity index (χ4v) is 3.30. The van der Waals surface area contributed by atoms with Crippen molar-refractivity contribution < 1.29 is 13.9 Å². The van der Waals surface area contributed by atoms with Gasteiger partial charge in [-0.15, -0.1) is 0 Å². The Hall–Kier alpha value is -2.76. The van der Waals surface area contributed by atoms with E-state index in [1.807, 2.05) is 31.2 Å². The minimum Gasteiger partial charge on any atom is -0.493 e. The van der Waals surface area contributed by atoms with E-state index in [0.717, 1.165) is 48.0 Å². The second kappa shape index (κ2) is 8.95. The lowest BCUT2D eigenvalue weighted by molar-refractivity contribution is 0.310. The van der Waals surface area contributed by atoms with Crippen LogP contribution >= 0.6 is 0 Å². The molecular formula is C22H28FN3O2. The maximum atomic E-state index is 13.6. The summed E-state index contributed by atoms with van der Waals surface area (Å²) in [6.07, 6.45) is 2.10. The van der Waals surface area contributed by atoms with Crippen LogP contribution in [0.5, 0.6) is 11.5 Å². The van der Waals surface area contributed by atoms with Crippen LogP contribution in [0.3, 0.4) is 0 Å². The molecule has 0 radical (unpaired) electrons. The first-order valence-electron chi connectivity index (χ1n) is 9.60. The van der Waals surface area contributed by atoms with Crippen molar-refractivity contribution in [2.45, 2.75) is 31.7 Å². The molecule has 0 bridgehead atoms. The number of nitrogens with zero attached hydrogens (tertiary/aromatic N) is 1. The molecule has 0 saturated heterocycles. The van der Waals surface area contributed by atoms with Gasteiger partial charge in [-0.05, 0) is 55.2 Å². The van der Waals surface area contributed by atoms with Gasteiger partial charge in [0.1, 0.15) is 5.82 Å². The number of benzene rings is 2. The average molecular weight is 385 g/mol. The number of nitrogens with one attached hydrogen (secondary N) is 2. The van der Waals surface area contributed by atoms with Crippen molar-refractivity contribution in [1.29, 1.82) is 0 Å². The van der Waals surface area contributed by atoms with Crippen LogP contribution < -0.4 is 20.1 Å². The molecule has 0 atom stereocenters. The predicted molar refractivity (Wildman–Crippen MR) is 110 cm³/mol. The molecule has 1 aliphatic carbocycles.